The van der Waals surface area contributed by atoms with Crippen molar-refractivity contribution in [3.63, 3.8) is 0 Å². The van der Waals surface area contributed by atoms with Crippen LogP contribution in [-0.4, -0.2) is 27.6 Å². The Kier molecular flexibility index (Phi) is 4.57. The second kappa shape index (κ2) is 6.78. The number of rotatable bonds is 6. The minimum absolute atomic E-state index is 0.275. The van der Waals surface area contributed by atoms with E-state index in [4.69, 9.17) is 16.2 Å². The third kappa shape index (κ3) is 3.68. The standard InChI is InChI=1S/C16H22N6O/c1-2-23-15-10(4-3-5-19-15)9-20-14-8-13(21-16(18)22-14)11-6-12(17)7-11/h3-5,8,11-12H,2,6-7,9,17H2,1H3,(H3,18,20,21,22). The van der Waals surface area contributed by atoms with Crippen molar-refractivity contribution in [3.05, 3.63) is 35.7 Å². The average Bonchev–Trinajstić information content (AvgIpc) is 2.51. The first-order chi connectivity index (χ1) is 11.2. The van der Waals surface area contributed by atoms with Crippen LogP contribution in [0, 0.1) is 0 Å². The normalized spacial score (nSPS) is 19.9. The molecule has 2 heterocycles. The molecule has 1 aliphatic carbocycles. The van der Waals surface area contributed by atoms with Crippen LogP contribution in [0.15, 0.2) is 24.4 Å². The number of aromatic nitrogens is 3. The first-order valence-electron chi connectivity index (χ1n) is 7.86. The highest BCUT2D eigenvalue weighted by Crippen LogP contribution is 2.35. The molecule has 1 saturated carbocycles. The van der Waals surface area contributed by atoms with Crippen LogP contribution < -0.4 is 21.5 Å². The topological polar surface area (TPSA) is 112 Å². The molecule has 0 amide bonds. The number of nitrogens with zero attached hydrogens (tertiary/aromatic N) is 3. The molecule has 0 aromatic carbocycles. The second-order valence-corrected chi connectivity index (χ2v) is 5.72. The Morgan fingerprint density at radius 1 is 1.35 bits per heavy atom. The van der Waals surface area contributed by atoms with Gasteiger partial charge in [0.05, 0.1) is 12.3 Å². The number of nitrogens with one attached hydrogen (secondary N) is 1. The zero-order valence-corrected chi connectivity index (χ0v) is 13.2. The lowest BCUT2D eigenvalue weighted by Crippen LogP contribution is -2.35. The molecular formula is C16H22N6O. The highest BCUT2D eigenvalue weighted by molar-refractivity contribution is 5.43. The van der Waals surface area contributed by atoms with Gasteiger partial charge in [0.1, 0.15) is 5.82 Å². The maximum Gasteiger partial charge on any atom is 0.222 e. The molecule has 0 radical (unpaired) electrons. The quantitative estimate of drug-likeness (QED) is 0.743. The van der Waals surface area contributed by atoms with Crippen LogP contribution in [0.5, 0.6) is 5.88 Å². The largest absolute Gasteiger partial charge is 0.478 e. The highest BCUT2D eigenvalue weighted by atomic mass is 16.5. The summed E-state index contributed by atoms with van der Waals surface area (Å²) in [6, 6.07) is 6.08. The number of ether oxygens (including phenoxy) is 1. The molecule has 7 nitrogen and oxygen atoms in total. The molecule has 122 valence electrons. The van der Waals surface area contributed by atoms with Gasteiger partial charge in [0.2, 0.25) is 11.8 Å². The Balaban J connectivity index is 1.71. The van der Waals surface area contributed by atoms with Gasteiger partial charge in [0.25, 0.3) is 0 Å². The van der Waals surface area contributed by atoms with Gasteiger partial charge in [0.15, 0.2) is 0 Å². The first kappa shape index (κ1) is 15.5. The summed E-state index contributed by atoms with van der Waals surface area (Å²) in [6.45, 7) is 3.08. The van der Waals surface area contributed by atoms with Gasteiger partial charge in [-0.3, -0.25) is 0 Å². The zero-order valence-electron chi connectivity index (χ0n) is 13.2. The number of hydrogen-bond donors (Lipinski definition) is 3. The minimum Gasteiger partial charge on any atom is -0.478 e. The minimum atomic E-state index is 0.275. The summed E-state index contributed by atoms with van der Waals surface area (Å²) in [5.74, 6) is 2.00. The Morgan fingerprint density at radius 3 is 2.91 bits per heavy atom. The van der Waals surface area contributed by atoms with E-state index in [-0.39, 0.29) is 12.0 Å². The van der Waals surface area contributed by atoms with Crippen LogP contribution >= 0.6 is 0 Å². The van der Waals surface area contributed by atoms with Gasteiger partial charge in [-0.25, -0.2) is 9.97 Å². The van der Waals surface area contributed by atoms with Gasteiger partial charge in [-0.15, -0.1) is 0 Å². The molecule has 3 rings (SSSR count). The van der Waals surface area contributed by atoms with Crippen molar-refractivity contribution in [1.29, 1.82) is 0 Å². The predicted octanol–water partition coefficient (Wildman–Crippen LogP) is 1.67. The molecule has 7 heteroatoms. The van der Waals surface area contributed by atoms with Crippen molar-refractivity contribution in [2.24, 2.45) is 5.73 Å². The Labute approximate surface area is 135 Å². The highest BCUT2D eigenvalue weighted by Gasteiger charge is 2.29. The van der Waals surface area contributed by atoms with E-state index < -0.39 is 0 Å². The van der Waals surface area contributed by atoms with Crippen molar-refractivity contribution in [1.82, 2.24) is 15.0 Å². The fraction of sp³-hybridized carbons (Fsp3) is 0.438. The van der Waals surface area contributed by atoms with E-state index in [1.165, 1.54) is 0 Å². The lowest BCUT2D eigenvalue weighted by Gasteiger charge is -2.32. The fourth-order valence-corrected chi connectivity index (χ4v) is 2.70. The molecule has 23 heavy (non-hydrogen) atoms. The SMILES string of the molecule is CCOc1ncccc1CNc1cc(C2CC(N)C2)nc(N)n1. The van der Waals surface area contributed by atoms with Gasteiger partial charge < -0.3 is 21.5 Å². The second-order valence-electron chi connectivity index (χ2n) is 5.72. The summed E-state index contributed by atoms with van der Waals surface area (Å²) in [4.78, 5) is 12.8. The summed E-state index contributed by atoms with van der Waals surface area (Å²) in [5, 5.41) is 3.27. The van der Waals surface area contributed by atoms with Crippen LogP contribution in [0.3, 0.4) is 0 Å². The molecule has 0 unspecified atom stereocenters. The number of nitrogen functional groups attached to an aromatic ring is 1. The number of nitrogens with two attached hydrogens (primary N) is 2. The molecule has 0 bridgehead atoms. The van der Waals surface area contributed by atoms with Crippen LogP contribution in [0.1, 0.15) is 36.9 Å². The van der Waals surface area contributed by atoms with Gasteiger partial charge in [-0.2, -0.15) is 4.98 Å². The molecule has 2 aromatic rings. The smallest absolute Gasteiger partial charge is 0.222 e. The van der Waals surface area contributed by atoms with Crippen molar-refractivity contribution < 1.29 is 4.74 Å². The molecule has 1 fully saturated rings. The van der Waals surface area contributed by atoms with E-state index in [0.717, 1.165) is 24.1 Å². The summed E-state index contributed by atoms with van der Waals surface area (Å²) in [5.41, 5.74) is 13.6. The maximum absolute atomic E-state index is 5.85. The number of anilines is 2. The zero-order chi connectivity index (χ0) is 16.2. The predicted molar refractivity (Wildman–Crippen MR) is 89.1 cm³/mol. The van der Waals surface area contributed by atoms with Gasteiger partial charge in [-0.1, -0.05) is 6.07 Å². The van der Waals surface area contributed by atoms with Crippen LogP contribution in [-0.2, 0) is 6.54 Å². The average molecular weight is 314 g/mol. The molecule has 0 atom stereocenters. The molecule has 5 N–H and O–H groups in total. The monoisotopic (exact) mass is 314 g/mol. The summed E-state index contributed by atoms with van der Waals surface area (Å²) in [7, 11) is 0. The summed E-state index contributed by atoms with van der Waals surface area (Å²) in [6.07, 6.45) is 3.62. The van der Waals surface area contributed by atoms with E-state index in [2.05, 4.69) is 20.3 Å². The summed E-state index contributed by atoms with van der Waals surface area (Å²) < 4.78 is 5.53. The van der Waals surface area contributed by atoms with E-state index >= 15 is 0 Å². The Morgan fingerprint density at radius 2 is 2.17 bits per heavy atom. The molecule has 0 spiro atoms. The van der Waals surface area contributed by atoms with Crippen LogP contribution in [0.2, 0.25) is 0 Å². The van der Waals surface area contributed by atoms with E-state index in [1.54, 1.807) is 6.20 Å². The van der Waals surface area contributed by atoms with Gasteiger partial charge in [0, 0.05) is 36.3 Å². The maximum atomic E-state index is 5.85. The van der Waals surface area contributed by atoms with Crippen LogP contribution in [0.25, 0.3) is 0 Å². The first-order valence-corrected chi connectivity index (χ1v) is 7.86. The van der Waals surface area contributed by atoms with Gasteiger partial charge >= 0.3 is 0 Å². The number of pyridine rings is 1. The molecule has 1 aliphatic rings. The molecule has 2 aromatic heterocycles. The van der Waals surface area contributed by atoms with Crippen molar-refractivity contribution in [2.75, 3.05) is 17.7 Å². The molecule has 0 saturated heterocycles. The molecule has 0 aliphatic heterocycles. The van der Waals surface area contributed by atoms with Crippen LogP contribution in [0.4, 0.5) is 11.8 Å². The van der Waals surface area contributed by atoms with Gasteiger partial charge in [-0.05, 0) is 25.8 Å². The van der Waals surface area contributed by atoms with Crippen molar-refractivity contribution in [2.45, 2.75) is 38.3 Å². The number of hydrogen-bond acceptors (Lipinski definition) is 7. The molecular weight excluding hydrogens is 292 g/mol. The van der Waals surface area contributed by atoms with E-state index in [9.17, 15) is 0 Å². The Hall–Kier alpha value is -2.41. The summed E-state index contributed by atoms with van der Waals surface area (Å²) >= 11 is 0. The lowest BCUT2D eigenvalue weighted by atomic mass is 9.78. The van der Waals surface area contributed by atoms with E-state index in [1.807, 2.05) is 25.1 Å². The van der Waals surface area contributed by atoms with Crippen molar-refractivity contribution in [3.8, 4) is 5.88 Å². The Bertz CT molecular complexity index is 671. The third-order valence-corrected chi connectivity index (χ3v) is 3.95. The van der Waals surface area contributed by atoms with E-state index in [0.29, 0.717) is 30.8 Å². The third-order valence-electron chi connectivity index (χ3n) is 3.95. The lowest BCUT2D eigenvalue weighted by molar-refractivity contribution is 0.323. The fourth-order valence-electron chi connectivity index (χ4n) is 2.70. The van der Waals surface area contributed by atoms with Crippen molar-refractivity contribution >= 4 is 11.8 Å².